The number of aryl methyl sites for hydroxylation is 1. The van der Waals surface area contributed by atoms with Crippen molar-refractivity contribution in [3.8, 4) is 0 Å². The summed E-state index contributed by atoms with van der Waals surface area (Å²) in [4.78, 5) is 4.44. The van der Waals surface area contributed by atoms with E-state index in [9.17, 15) is 8.42 Å². The number of aliphatic hydroxyl groups is 1. The van der Waals surface area contributed by atoms with Crippen LogP contribution in [0.3, 0.4) is 0 Å². The largest absolute Gasteiger partial charge is 0.396 e. The highest BCUT2D eigenvalue weighted by molar-refractivity contribution is 7.91. The molecule has 1 N–H and O–H groups in total. The summed E-state index contributed by atoms with van der Waals surface area (Å²) in [7, 11) is -2.83. The normalized spacial score (nSPS) is 23.7. The highest BCUT2D eigenvalue weighted by atomic mass is 32.2. The lowest BCUT2D eigenvalue weighted by molar-refractivity contribution is 0.288. The third kappa shape index (κ3) is 2.81. The summed E-state index contributed by atoms with van der Waals surface area (Å²) < 4.78 is 22.7. The van der Waals surface area contributed by atoms with Crippen LogP contribution in [0.25, 0.3) is 0 Å². The fourth-order valence-electron chi connectivity index (χ4n) is 1.89. The molecule has 0 aromatic carbocycles. The number of aromatic nitrogens is 1. The highest BCUT2D eigenvalue weighted by Gasteiger charge is 2.30. The number of sulfone groups is 1. The fraction of sp³-hybridized carbons (Fsp3) is 0.700. The molecule has 1 fully saturated rings. The lowest BCUT2D eigenvalue weighted by Gasteiger charge is -2.01. The van der Waals surface area contributed by atoms with Crippen LogP contribution < -0.4 is 0 Å². The summed E-state index contributed by atoms with van der Waals surface area (Å²) >= 11 is 1.56. The third-order valence-electron chi connectivity index (χ3n) is 2.77. The number of thiazole rings is 1. The number of hydrogen-bond donors (Lipinski definition) is 1. The van der Waals surface area contributed by atoms with Gasteiger partial charge in [-0.25, -0.2) is 13.4 Å². The van der Waals surface area contributed by atoms with Crippen molar-refractivity contribution >= 4 is 21.2 Å². The molecule has 1 aromatic rings. The molecule has 1 unspecified atom stereocenters. The smallest absolute Gasteiger partial charge is 0.151 e. The van der Waals surface area contributed by atoms with Gasteiger partial charge in [0.1, 0.15) is 0 Å². The van der Waals surface area contributed by atoms with Gasteiger partial charge in [-0.3, -0.25) is 0 Å². The lowest BCUT2D eigenvalue weighted by atomic mass is 10.1. The van der Waals surface area contributed by atoms with E-state index in [2.05, 4.69) is 4.98 Å². The molecule has 0 aliphatic carbocycles. The van der Waals surface area contributed by atoms with Crippen LogP contribution in [0, 0.1) is 0 Å². The average molecular weight is 261 g/mol. The molecule has 2 heterocycles. The Bertz CT molecular complexity index is 452. The van der Waals surface area contributed by atoms with Gasteiger partial charge >= 0.3 is 0 Å². The summed E-state index contributed by atoms with van der Waals surface area (Å²) in [6, 6.07) is 0. The molecule has 0 saturated carbocycles. The van der Waals surface area contributed by atoms with Crippen LogP contribution in [0.1, 0.15) is 29.5 Å². The molecule has 16 heavy (non-hydrogen) atoms. The van der Waals surface area contributed by atoms with E-state index in [1.807, 2.05) is 5.38 Å². The van der Waals surface area contributed by atoms with E-state index in [1.165, 1.54) is 0 Å². The molecule has 0 spiro atoms. The number of hydrogen-bond acceptors (Lipinski definition) is 5. The molecule has 6 heteroatoms. The zero-order chi connectivity index (χ0) is 11.6. The van der Waals surface area contributed by atoms with Crippen molar-refractivity contribution in [2.24, 2.45) is 0 Å². The molecular formula is C10H15NO3S2. The Morgan fingerprint density at radius 3 is 3.00 bits per heavy atom. The van der Waals surface area contributed by atoms with Gasteiger partial charge in [-0.15, -0.1) is 11.3 Å². The molecule has 0 amide bonds. The summed E-state index contributed by atoms with van der Waals surface area (Å²) in [6.07, 6.45) is 2.20. The minimum atomic E-state index is -2.83. The average Bonchev–Trinajstić information content (AvgIpc) is 2.81. The number of rotatable bonds is 4. The zero-order valence-corrected chi connectivity index (χ0v) is 10.6. The van der Waals surface area contributed by atoms with E-state index in [1.54, 1.807) is 11.3 Å². The zero-order valence-electron chi connectivity index (χ0n) is 8.92. The van der Waals surface area contributed by atoms with Crippen molar-refractivity contribution < 1.29 is 13.5 Å². The van der Waals surface area contributed by atoms with Gasteiger partial charge in [-0.05, 0) is 12.8 Å². The van der Waals surface area contributed by atoms with Gasteiger partial charge in [-0.2, -0.15) is 0 Å². The molecule has 1 atom stereocenters. The van der Waals surface area contributed by atoms with Gasteiger partial charge in [0.2, 0.25) is 0 Å². The molecule has 4 nitrogen and oxygen atoms in total. The second kappa shape index (κ2) is 4.81. The summed E-state index contributed by atoms with van der Waals surface area (Å²) in [5.74, 6) is 0.626. The van der Waals surface area contributed by atoms with Crippen LogP contribution in [-0.2, 0) is 16.3 Å². The van der Waals surface area contributed by atoms with Gasteiger partial charge in [0, 0.05) is 24.3 Å². The monoisotopic (exact) mass is 261 g/mol. The summed E-state index contributed by atoms with van der Waals surface area (Å²) in [6.45, 7) is 0.173. The lowest BCUT2D eigenvalue weighted by Crippen LogP contribution is -2.04. The van der Waals surface area contributed by atoms with Crippen molar-refractivity contribution in [2.75, 3.05) is 18.1 Å². The Kier molecular flexibility index (Phi) is 3.61. The molecule has 0 bridgehead atoms. The van der Waals surface area contributed by atoms with Crippen molar-refractivity contribution in [3.63, 3.8) is 0 Å². The first kappa shape index (κ1) is 12.0. The molecule has 2 rings (SSSR count). The van der Waals surface area contributed by atoms with Crippen LogP contribution in [-0.4, -0.2) is 36.6 Å². The van der Waals surface area contributed by atoms with Crippen LogP contribution in [0.15, 0.2) is 5.38 Å². The second-order valence-electron chi connectivity index (χ2n) is 4.09. The molecule has 90 valence electrons. The number of aliphatic hydroxyl groups excluding tert-OH is 1. The first-order valence-electron chi connectivity index (χ1n) is 5.36. The van der Waals surface area contributed by atoms with Crippen molar-refractivity contribution in [3.05, 3.63) is 16.1 Å². The van der Waals surface area contributed by atoms with E-state index in [0.29, 0.717) is 12.2 Å². The van der Waals surface area contributed by atoms with Crippen LogP contribution in [0.5, 0.6) is 0 Å². The Morgan fingerprint density at radius 1 is 1.56 bits per heavy atom. The Balaban J connectivity index is 2.02. The maximum Gasteiger partial charge on any atom is 0.151 e. The predicted molar refractivity (Wildman–Crippen MR) is 63.5 cm³/mol. The second-order valence-corrected chi connectivity index (χ2v) is 7.26. The van der Waals surface area contributed by atoms with Crippen LogP contribution in [0.4, 0.5) is 0 Å². The van der Waals surface area contributed by atoms with Crippen molar-refractivity contribution in [1.82, 2.24) is 4.98 Å². The number of nitrogens with zero attached hydrogens (tertiary/aromatic N) is 1. The Labute approximate surface area is 99.3 Å². The van der Waals surface area contributed by atoms with Gasteiger partial charge in [-0.1, -0.05) is 0 Å². The van der Waals surface area contributed by atoms with Crippen LogP contribution >= 0.6 is 11.3 Å². The minimum Gasteiger partial charge on any atom is -0.396 e. The van der Waals surface area contributed by atoms with Crippen LogP contribution in [0.2, 0.25) is 0 Å². The molecule has 1 aromatic heterocycles. The van der Waals surface area contributed by atoms with Gasteiger partial charge < -0.3 is 5.11 Å². The Morgan fingerprint density at radius 2 is 2.38 bits per heavy atom. The van der Waals surface area contributed by atoms with Crippen molar-refractivity contribution in [1.29, 1.82) is 0 Å². The SMILES string of the molecule is O=S1(=O)CCC(c2csc(CCCO)n2)C1. The summed E-state index contributed by atoms with van der Waals surface area (Å²) in [5, 5.41) is 11.7. The first-order valence-corrected chi connectivity index (χ1v) is 8.06. The maximum atomic E-state index is 11.3. The van der Waals surface area contributed by atoms with Gasteiger partial charge in [0.25, 0.3) is 0 Å². The minimum absolute atomic E-state index is 0.0872. The topological polar surface area (TPSA) is 67.3 Å². The van der Waals surface area contributed by atoms with Gasteiger partial charge in [0.05, 0.1) is 22.2 Å². The maximum absolute atomic E-state index is 11.3. The molecular weight excluding hydrogens is 246 g/mol. The summed E-state index contributed by atoms with van der Waals surface area (Å²) in [5.41, 5.74) is 0.916. The standard InChI is InChI=1S/C10H15NO3S2/c12-4-1-2-10-11-9(6-15-10)8-3-5-16(13,14)7-8/h6,8,12H,1-5,7H2. The quantitative estimate of drug-likeness (QED) is 0.877. The predicted octanol–water partition coefficient (Wildman–Crippen LogP) is 0.970. The van der Waals surface area contributed by atoms with E-state index < -0.39 is 9.84 Å². The van der Waals surface area contributed by atoms with E-state index in [0.717, 1.165) is 23.5 Å². The Hall–Kier alpha value is -0.460. The molecule has 1 aliphatic rings. The molecule has 0 radical (unpaired) electrons. The molecule has 1 aliphatic heterocycles. The first-order chi connectivity index (χ1) is 7.61. The van der Waals surface area contributed by atoms with E-state index in [4.69, 9.17) is 5.11 Å². The molecule has 1 saturated heterocycles. The third-order valence-corrected chi connectivity index (χ3v) is 5.46. The highest BCUT2D eigenvalue weighted by Crippen LogP contribution is 2.29. The van der Waals surface area contributed by atoms with Gasteiger partial charge in [0.15, 0.2) is 9.84 Å². The van der Waals surface area contributed by atoms with Crippen molar-refractivity contribution in [2.45, 2.75) is 25.2 Å². The van der Waals surface area contributed by atoms with E-state index >= 15 is 0 Å². The van der Waals surface area contributed by atoms with E-state index in [-0.39, 0.29) is 18.3 Å². The fourth-order valence-corrected chi connectivity index (χ4v) is 4.57.